The van der Waals surface area contributed by atoms with Gasteiger partial charge in [0, 0.05) is 22.6 Å². The Bertz CT molecular complexity index is 1380. The van der Waals surface area contributed by atoms with Gasteiger partial charge in [-0.3, -0.25) is 10.1 Å². The van der Waals surface area contributed by atoms with Crippen LogP contribution >= 0.6 is 28.1 Å². The Labute approximate surface area is 237 Å². The lowest BCUT2D eigenvalue weighted by molar-refractivity contribution is 0.0977. The SMILES string of the molecule is CCCCCCOc1ccc(C(=O)NC(=S)Nc2ccc(S(=O)(=O)Nc3nc(C)cc(C)n3)cc2)cc1Br. The fourth-order valence-corrected chi connectivity index (χ4v) is 5.12. The van der Waals surface area contributed by atoms with E-state index < -0.39 is 15.9 Å². The number of anilines is 2. The van der Waals surface area contributed by atoms with Crippen molar-refractivity contribution in [3.05, 3.63) is 70.0 Å². The van der Waals surface area contributed by atoms with Gasteiger partial charge < -0.3 is 10.1 Å². The second-order valence-electron chi connectivity index (χ2n) is 8.57. The molecule has 0 bridgehead atoms. The summed E-state index contributed by atoms with van der Waals surface area (Å²) in [6.07, 6.45) is 4.45. The van der Waals surface area contributed by atoms with Crippen LogP contribution < -0.4 is 20.1 Å². The van der Waals surface area contributed by atoms with Crippen LogP contribution in [0.3, 0.4) is 0 Å². The van der Waals surface area contributed by atoms with Gasteiger partial charge in [-0.1, -0.05) is 26.2 Å². The van der Waals surface area contributed by atoms with Gasteiger partial charge in [-0.15, -0.1) is 0 Å². The standard InChI is InChI=1S/C26H30BrN5O4S2/c1-4-5-6-7-14-36-23-13-8-19(16-22(23)27)24(33)31-26(37)30-20-9-11-21(12-10-20)38(34,35)32-25-28-17(2)15-18(3)29-25/h8-13,15-16H,4-7,14H2,1-3H3,(H,28,29,32)(H2,30,31,33,37). The highest BCUT2D eigenvalue weighted by molar-refractivity contribution is 9.10. The summed E-state index contributed by atoms with van der Waals surface area (Å²) in [5, 5.41) is 5.57. The number of unbranched alkanes of at least 4 members (excludes halogenated alkanes) is 3. The van der Waals surface area contributed by atoms with E-state index in [0.717, 1.165) is 12.8 Å². The van der Waals surface area contributed by atoms with E-state index in [4.69, 9.17) is 17.0 Å². The summed E-state index contributed by atoms with van der Waals surface area (Å²) in [6.45, 7) is 6.29. The van der Waals surface area contributed by atoms with E-state index in [0.29, 0.717) is 39.5 Å². The van der Waals surface area contributed by atoms with Crippen LogP contribution in [0.4, 0.5) is 11.6 Å². The van der Waals surface area contributed by atoms with Gasteiger partial charge in [-0.05, 0) is 96.9 Å². The number of amides is 1. The van der Waals surface area contributed by atoms with Crippen molar-refractivity contribution in [2.45, 2.75) is 51.3 Å². The van der Waals surface area contributed by atoms with Gasteiger partial charge in [0.15, 0.2) is 5.11 Å². The lowest BCUT2D eigenvalue weighted by Gasteiger charge is -2.12. The summed E-state index contributed by atoms with van der Waals surface area (Å²) in [7, 11) is -3.89. The van der Waals surface area contributed by atoms with Crippen molar-refractivity contribution in [3.8, 4) is 5.75 Å². The third kappa shape index (κ3) is 8.74. The minimum absolute atomic E-state index is 0.00629. The number of nitrogens with one attached hydrogen (secondary N) is 3. The number of benzene rings is 2. The van der Waals surface area contributed by atoms with Crippen molar-refractivity contribution in [1.29, 1.82) is 0 Å². The quantitative estimate of drug-likeness (QED) is 0.183. The molecule has 0 saturated carbocycles. The normalized spacial score (nSPS) is 11.1. The number of aryl methyl sites for hydroxylation is 2. The maximum absolute atomic E-state index is 12.7. The first-order valence-electron chi connectivity index (χ1n) is 12.1. The van der Waals surface area contributed by atoms with E-state index >= 15 is 0 Å². The van der Waals surface area contributed by atoms with E-state index in [-0.39, 0.29) is 16.0 Å². The molecule has 1 amide bonds. The Hall–Kier alpha value is -3.09. The van der Waals surface area contributed by atoms with Gasteiger partial charge in [0.1, 0.15) is 5.75 Å². The Morgan fingerprint density at radius 2 is 1.68 bits per heavy atom. The van der Waals surface area contributed by atoms with Crippen LogP contribution in [0.1, 0.15) is 54.4 Å². The molecule has 0 aliphatic rings. The number of aromatic nitrogens is 2. The predicted molar refractivity (Wildman–Crippen MR) is 156 cm³/mol. The molecule has 0 radical (unpaired) electrons. The molecule has 0 spiro atoms. The van der Waals surface area contributed by atoms with Gasteiger partial charge >= 0.3 is 0 Å². The van der Waals surface area contributed by atoms with Gasteiger partial charge in [0.2, 0.25) is 5.95 Å². The largest absolute Gasteiger partial charge is 0.492 e. The number of nitrogens with zero attached hydrogens (tertiary/aromatic N) is 2. The number of thiocarbonyl (C=S) groups is 1. The number of sulfonamides is 1. The van der Waals surface area contributed by atoms with Crippen molar-refractivity contribution in [3.63, 3.8) is 0 Å². The molecule has 3 rings (SSSR count). The van der Waals surface area contributed by atoms with Crippen LogP contribution in [0.15, 0.2) is 57.9 Å². The number of ether oxygens (including phenoxy) is 1. The number of carbonyl (C=O) groups is 1. The molecule has 38 heavy (non-hydrogen) atoms. The fourth-order valence-electron chi connectivity index (χ4n) is 3.48. The number of carbonyl (C=O) groups excluding carboxylic acids is 1. The van der Waals surface area contributed by atoms with Crippen LogP contribution in [-0.2, 0) is 10.0 Å². The molecule has 1 aromatic heterocycles. The molecule has 12 heteroatoms. The van der Waals surface area contributed by atoms with Crippen molar-refractivity contribution in [2.75, 3.05) is 16.6 Å². The molecule has 1 heterocycles. The summed E-state index contributed by atoms with van der Waals surface area (Å²) < 4.78 is 34.3. The molecule has 2 aromatic carbocycles. The third-order valence-corrected chi connectivity index (χ3v) is 7.47. The highest BCUT2D eigenvalue weighted by atomic mass is 79.9. The van der Waals surface area contributed by atoms with Crippen LogP contribution in [0.5, 0.6) is 5.75 Å². The molecule has 3 N–H and O–H groups in total. The second-order valence-corrected chi connectivity index (χ2v) is 11.5. The smallest absolute Gasteiger partial charge is 0.264 e. The summed E-state index contributed by atoms with van der Waals surface area (Å²) in [4.78, 5) is 20.9. The number of hydrogen-bond donors (Lipinski definition) is 3. The first kappa shape index (κ1) is 29.5. The minimum atomic E-state index is -3.89. The first-order chi connectivity index (χ1) is 18.1. The maximum atomic E-state index is 12.7. The van der Waals surface area contributed by atoms with E-state index in [1.807, 2.05) is 0 Å². The molecule has 0 fully saturated rings. The van der Waals surface area contributed by atoms with E-state index in [1.165, 1.54) is 25.0 Å². The first-order valence-corrected chi connectivity index (χ1v) is 14.8. The van der Waals surface area contributed by atoms with Crippen LogP contribution in [-0.4, -0.2) is 36.0 Å². The predicted octanol–water partition coefficient (Wildman–Crippen LogP) is 5.74. The van der Waals surface area contributed by atoms with Crippen LogP contribution in [0, 0.1) is 13.8 Å². The third-order valence-electron chi connectivity index (χ3n) is 5.31. The zero-order chi connectivity index (χ0) is 27.7. The summed E-state index contributed by atoms with van der Waals surface area (Å²) in [6, 6.07) is 12.7. The van der Waals surface area contributed by atoms with Gasteiger partial charge in [-0.25, -0.2) is 23.1 Å². The average Bonchev–Trinajstić information content (AvgIpc) is 2.84. The monoisotopic (exact) mass is 619 g/mol. The van der Waals surface area contributed by atoms with Crippen molar-refractivity contribution in [2.24, 2.45) is 0 Å². The molecule has 0 aliphatic heterocycles. The molecule has 0 unspecified atom stereocenters. The number of hydrogen-bond acceptors (Lipinski definition) is 7. The molecule has 0 saturated heterocycles. The average molecular weight is 621 g/mol. The fraction of sp³-hybridized carbons (Fsp3) is 0.308. The Morgan fingerprint density at radius 1 is 1.00 bits per heavy atom. The van der Waals surface area contributed by atoms with E-state index in [1.54, 1.807) is 50.2 Å². The Morgan fingerprint density at radius 3 is 2.32 bits per heavy atom. The van der Waals surface area contributed by atoms with E-state index in [2.05, 4.69) is 48.2 Å². The zero-order valence-electron chi connectivity index (χ0n) is 21.4. The molecule has 0 atom stereocenters. The highest BCUT2D eigenvalue weighted by Gasteiger charge is 2.17. The Kier molecular flexibility index (Phi) is 10.6. The lowest BCUT2D eigenvalue weighted by atomic mass is 10.2. The van der Waals surface area contributed by atoms with Crippen LogP contribution in [0.2, 0.25) is 0 Å². The van der Waals surface area contributed by atoms with Crippen molar-refractivity contribution in [1.82, 2.24) is 15.3 Å². The Balaban J connectivity index is 1.55. The molecule has 3 aromatic rings. The summed E-state index contributed by atoms with van der Waals surface area (Å²) >= 11 is 8.71. The molecular formula is C26H30BrN5O4S2. The number of rotatable bonds is 11. The van der Waals surface area contributed by atoms with Crippen molar-refractivity contribution >= 4 is 60.8 Å². The van der Waals surface area contributed by atoms with E-state index in [9.17, 15) is 13.2 Å². The molecule has 202 valence electrons. The topological polar surface area (TPSA) is 122 Å². The van der Waals surface area contributed by atoms with Gasteiger partial charge in [-0.2, -0.15) is 0 Å². The minimum Gasteiger partial charge on any atom is -0.492 e. The molecule has 0 aliphatic carbocycles. The summed E-state index contributed by atoms with van der Waals surface area (Å²) in [5.74, 6) is 0.286. The highest BCUT2D eigenvalue weighted by Crippen LogP contribution is 2.26. The van der Waals surface area contributed by atoms with Crippen LogP contribution in [0.25, 0.3) is 0 Å². The van der Waals surface area contributed by atoms with Gasteiger partial charge in [0.05, 0.1) is 16.0 Å². The van der Waals surface area contributed by atoms with Crippen molar-refractivity contribution < 1.29 is 17.9 Å². The maximum Gasteiger partial charge on any atom is 0.264 e. The second kappa shape index (κ2) is 13.6. The molecule has 9 nitrogen and oxygen atoms in total. The zero-order valence-corrected chi connectivity index (χ0v) is 24.6. The lowest BCUT2D eigenvalue weighted by Crippen LogP contribution is -2.34. The summed E-state index contributed by atoms with van der Waals surface area (Å²) in [5.41, 5.74) is 2.21. The number of halogens is 1. The van der Waals surface area contributed by atoms with Gasteiger partial charge in [0.25, 0.3) is 15.9 Å². The molecular weight excluding hydrogens is 590 g/mol.